The van der Waals surface area contributed by atoms with Crippen LogP contribution in [0.2, 0.25) is 0 Å². The van der Waals surface area contributed by atoms with E-state index in [1.807, 2.05) is 13.0 Å². The molecule has 0 bridgehead atoms. The Bertz CT molecular complexity index is 450. The van der Waals surface area contributed by atoms with E-state index < -0.39 is 0 Å². The third kappa shape index (κ3) is 3.78. The molecule has 0 aliphatic carbocycles. The number of aryl methyl sites for hydroxylation is 1. The minimum absolute atomic E-state index is 0.129. The Kier molecular flexibility index (Phi) is 5.13. The van der Waals surface area contributed by atoms with Gasteiger partial charge in [0, 0.05) is 12.6 Å². The summed E-state index contributed by atoms with van der Waals surface area (Å²) >= 11 is 0. The van der Waals surface area contributed by atoms with Gasteiger partial charge in [-0.25, -0.2) is 4.39 Å². The number of halogens is 1. The number of benzene rings is 1. The fourth-order valence-corrected chi connectivity index (χ4v) is 2.79. The molecule has 4 heteroatoms. The average Bonchev–Trinajstić information content (AvgIpc) is 2.88. The summed E-state index contributed by atoms with van der Waals surface area (Å²) < 4.78 is 13.5. The first-order valence-corrected chi connectivity index (χ1v) is 7.39. The molecule has 1 aromatic rings. The van der Waals surface area contributed by atoms with Crippen LogP contribution in [-0.2, 0) is 0 Å². The summed E-state index contributed by atoms with van der Waals surface area (Å²) in [5.74, 6) is 0.191. The van der Waals surface area contributed by atoms with Crippen molar-refractivity contribution >= 4 is 0 Å². The van der Waals surface area contributed by atoms with Gasteiger partial charge in [0.15, 0.2) is 0 Å². The van der Waals surface area contributed by atoms with Crippen LogP contribution in [0, 0.1) is 18.7 Å². The molecule has 0 radical (unpaired) electrons. The molecule has 0 amide bonds. The lowest BCUT2D eigenvalue weighted by molar-refractivity contribution is 0.127. The zero-order valence-electron chi connectivity index (χ0n) is 12.3. The predicted octanol–water partition coefficient (Wildman–Crippen LogP) is 2.23. The zero-order chi connectivity index (χ0) is 14.7. The van der Waals surface area contributed by atoms with Crippen LogP contribution in [-0.4, -0.2) is 35.7 Å². The molecular formula is C16H25FN2O. The molecule has 3 atom stereocenters. The molecule has 112 valence electrons. The van der Waals surface area contributed by atoms with Gasteiger partial charge in [-0.2, -0.15) is 0 Å². The van der Waals surface area contributed by atoms with Crippen LogP contribution >= 0.6 is 0 Å². The maximum absolute atomic E-state index is 13.5. The van der Waals surface area contributed by atoms with Gasteiger partial charge < -0.3 is 15.7 Å². The van der Waals surface area contributed by atoms with Crippen molar-refractivity contribution < 1.29 is 9.50 Å². The van der Waals surface area contributed by atoms with Crippen molar-refractivity contribution in [2.75, 3.05) is 19.6 Å². The van der Waals surface area contributed by atoms with Crippen LogP contribution < -0.4 is 5.73 Å². The summed E-state index contributed by atoms with van der Waals surface area (Å²) in [4.78, 5) is 2.34. The Morgan fingerprint density at radius 2 is 2.25 bits per heavy atom. The Labute approximate surface area is 120 Å². The SMILES string of the molecule is Cc1ccc(C(N)CCN2CCC(C(C)O)C2)cc1F. The standard InChI is InChI=1S/C16H25FN2O/c1-11-3-4-13(9-15(11)17)16(18)6-8-19-7-5-14(10-19)12(2)20/h3-4,9,12,14,16,20H,5-8,10,18H2,1-2H3. The molecule has 1 aliphatic heterocycles. The number of hydrogen-bond acceptors (Lipinski definition) is 3. The van der Waals surface area contributed by atoms with Crippen LogP contribution in [0.1, 0.15) is 36.9 Å². The Balaban J connectivity index is 1.83. The number of rotatable bonds is 5. The first kappa shape index (κ1) is 15.4. The number of nitrogens with zero attached hydrogens (tertiary/aromatic N) is 1. The van der Waals surface area contributed by atoms with E-state index >= 15 is 0 Å². The van der Waals surface area contributed by atoms with Gasteiger partial charge in [0.1, 0.15) is 5.82 Å². The molecule has 1 aromatic carbocycles. The molecule has 0 spiro atoms. The largest absolute Gasteiger partial charge is 0.393 e. The number of likely N-dealkylation sites (tertiary alicyclic amines) is 1. The van der Waals surface area contributed by atoms with E-state index in [4.69, 9.17) is 5.73 Å². The van der Waals surface area contributed by atoms with Crippen LogP contribution in [0.25, 0.3) is 0 Å². The highest BCUT2D eigenvalue weighted by atomic mass is 19.1. The molecule has 1 fully saturated rings. The number of aliphatic hydroxyl groups excluding tert-OH is 1. The summed E-state index contributed by atoms with van der Waals surface area (Å²) in [6.07, 6.45) is 1.63. The summed E-state index contributed by atoms with van der Waals surface area (Å²) in [5.41, 5.74) is 7.66. The van der Waals surface area contributed by atoms with Crippen molar-refractivity contribution in [2.45, 2.75) is 38.8 Å². The van der Waals surface area contributed by atoms with Gasteiger partial charge in [0.25, 0.3) is 0 Å². The van der Waals surface area contributed by atoms with Crippen molar-refractivity contribution in [3.05, 3.63) is 35.1 Å². The second-order valence-corrected chi connectivity index (χ2v) is 5.99. The monoisotopic (exact) mass is 280 g/mol. The van der Waals surface area contributed by atoms with Crippen LogP contribution in [0.5, 0.6) is 0 Å². The van der Waals surface area contributed by atoms with E-state index in [0.29, 0.717) is 11.5 Å². The van der Waals surface area contributed by atoms with Crippen molar-refractivity contribution in [2.24, 2.45) is 11.7 Å². The number of hydrogen-bond donors (Lipinski definition) is 2. The van der Waals surface area contributed by atoms with Gasteiger partial charge in [-0.05, 0) is 62.9 Å². The van der Waals surface area contributed by atoms with Gasteiger partial charge in [-0.3, -0.25) is 0 Å². The fourth-order valence-electron chi connectivity index (χ4n) is 2.79. The van der Waals surface area contributed by atoms with Crippen molar-refractivity contribution in [1.29, 1.82) is 0 Å². The molecule has 3 nitrogen and oxygen atoms in total. The molecular weight excluding hydrogens is 255 g/mol. The second kappa shape index (κ2) is 6.66. The van der Waals surface area contributed by atoms with Gasteiger partial charge in [0.05, 0.1) is 6.10 Å². The molecule has 1 heterocycles. The van der Waals surface area contributed by atoms with Gasteiger partial charge in [-0.1, -0.05) is 12.1 Å². The van der Waals surface area contributed by atoms with Crippen LogP contribution in [0.4, 0.5) is 4.39 Å². The highest BCUT2D eigenvalue weighted by Gasteiger charge is 2.25. The molecule has 1 saturated heterocycles. The zero-order valence-corrected chi connectivity index (χ0v) is 12.3. The Hall–Kier alpha value is -0.970. The molecule has 3 unspecified atom stereocenters. The first-order valence-electron chi connectivity index (χ1n) is 7.39. The van der Waals surface area contributed by atoms with Crippen LogP contribution in [0.15, 0.2) is 18.2 Å². The normalized spacial score (nSPS) is 22.9. The molecule has 2 rings (SSSR count). The summed E-state index contributed by atoms with van der Waals surface area (Å²) in [6.45, 7) is 6.47. The molecule has 1 aliphatic rings. The third-order valence-corrected chi connectivity index (χ3v) is 4.37. The van der Waals surface area contributed by atoms with Crippen molar-refractivity contribution in [3.8, 4) is 0 Å². The maximum atomic E-state index is 13.5. The number of aliphatic hydroxyl groups is 1. The quantitative estimate of drug-likeness (QED) is 0.869. The predicted molar refractivity (Wildman–Crippen MR) is 78.9 cm³/mol. The van der Waals surface area contributed by atoms with E-state index in [9.17, 15) is 9.50 Å². The maximum Gasteiger partial charge on any atom is 0.126 e. The van der Waals surface area contributed by atoms with Crippen molar-refractivity contribution in [1.82, 2.24) is 4.90 Å². The van der Waals surface area contributed by atoms with Crippen LogP contribution in [0.3, 0.4) is 0 Å². The fraction of sp³-hybridized carbons (Fsp3) is 0.625. The highest BCUT2D eigenvalue weighted by Crippen LogP contribution is 2.22. The summed E-state index contributed by atoms with van der Waals surface area (Å²) in [5, 5.41) is 9.59. The van der Waals surface area contributed by atoms with Gasteiger partial charge >= 0.3 is 0 Å². The second-order valence-electron chi connectivity index (χ2n) is 5.99. The lowest BCUT2D eigenvalue weighted by Crippen LogP contribution is -2.27. The Morgan fingerprint density at radius 1 is 1.50 bits per heavy atom. The minimum atomic E-state index is -0.236. The van der Waals surface area contributed by atoms with Crippen molar-refractivity contribution in [3.63, 3.8) is 0 Å². The van der Waals surface area contributed by atoms with Gasteiger partial charge in [-0.15, -0.1) is 0 Å². The first-order chi connectivity index (χ1) is 9.47. The minimum Gasteiger partial charge on any atom is -0.393 e. The lowest BCUT2D eigenvalue weighted by atomic mass is 10.0. The Morgan fingerprint density at radius 3 is 2.85 bits per heavy atom. The smallest absolute Gasteiger partial charge is 0.126 e. The van der Waals surface area contributed by atoms with E-state index in [1.165, 1.54) is 0 Å². The molecule has 0 saturated carbocycles. The number of nitrogens with two attached hydrogens (primary N) is 1. The van der Waals surface area contributed by atoms with E-state index in [0.717, 1.165) is 38.0 Å². The van der Waals surface area contributed by atoms with E-state index in [1.54, 1.807) is 19.1 Å². The third-order valence-electron chi connectivity index (χ3n) is 4.37. The van der Waals surface area contributed by atoms with E-state index in [-0.39, 0.29) is 18.0 Å². The molecule has 20 heavy (non-hydrogen) atoms. The molecule has 0 aromatic heterocycles. The summed E-state index contributed by atoms with van der Waals surface area (Å²) in [7, 11) is 0. The lowest BCUT2D eigenvalue weighted by Gasteiger charge is -2.20. The highest BCUT2D eigenvalue weighted by molar-refractivity contribution is 5.25. The molecule has 3 N–H and O–H groups in total. The summed E-state index contributed by atoms with van der Waals surface area (Å²) in [6, 6.07) is 5.11. The van der Waals surface area contributed by atoms with E-state index in [2.05, 4.69) is 4.90 Å². The average molecular weight is 280 g/mol. The van der Waals surface area contributed by atoms with Gasteiger partial charge in [0.2, 0.25) is 0 Å². The topological polar surface area (TPSA) is 49.5 Å².